The molecule has 1 saturated heterocycles. The number of carbonyl (C=O) groups is 1. The van der Waals surface area contributed by atoms with Gasteiger partial charge in [0.2, 0.25) is 0 Å². The van der Waals surface area contributed by atoms with Gasteiger partial charge in [-0.3, -0.25) is 14.7 Å². The van der Waals surface area contributed by atoms with E-state index >= 15 is 0 Å². The predicted octanol–water partition coefficient (Wildman–Crippen LogP) is 0.705. The highest BCUT2D eigenvalue weighted by Gasteiger charge is 2.09. The maximum Gasteiger partial charge on any atom is 0.252 e. The minimum absolute atomic E-state index is 0.445. The van der Waals surface area contributed by atoms with Gasteiger partial charge in [0.1, 0.15) is 0 Å². The number of amides is 1. The fraction of sp³-hybridized carbons (Fsp3) is 0.571. The molecule has 1 amide bonds. The lowest BCUT2D eigenvalue weighted by Gasteiger charge is -2.26. The van der Waals surface area contributed by atoms with Crippen LogP contribution in [0.3, 0.4) is 0 Å². The van der Waals surface area contributed by atoms with Gasteiger partial charge in [0, 0.05) is 32.0 Å². The van der Waals surface area contributed by atoms with E-state index in [1.807, 2.05) is 0 Å². The van der Waals surface area contributed by atoms with E-state index in [1.165, 1.54) is 6.20 Å². The third kappa shape index (κ3) is 4.47. The number of pyridine rings is 1. The molecule has 0 saturated carbocycles. The summed E-state index contributed by atoms with van der Waals surface area (Å²) >= 11 is 0. The summed E-state index contributed by atoms with van der Waals surface area (Å²) in [6, 6.07) is 1.78. The summed E-state index contributed by atoms with van der Waals surface area (Å²) in [4.78, 5) is 17.6. The normalized spacial score (nSPS) is 16.0. The van der Waals surface area contributed by atoms with Gasteiger partial charge in [-0.25, -0.2) is 0 Å². The van der Waals surface area contributed by atoms with Gasteiger partial charge >= 0.3 is 0 Å². The first-order valence-electron chi connectivity index (χ1n) is 7.05. The molecule has 20 heavy (non-hydrogen) atoms. The number of nitrogens with two attached hydrogens (primary N) is 1. The highest BCUT2D eigenvalue weighted by Crippen LogP contribution is 2.12. The highest BCUT2D eigenvalue weighted by atomic mass is 16.5. The number of hydrogen-bond donors (Lipinski definition) is 2. The van der Waals surface area contributed by atoms with Crippen LogP contribution in [0.5, 0.6) is 0 Å². The van der Waals surface area contributed by atoms with E-state index in [0.717, 1.165) is 57.9 Å². The first kappa shape index (κ1) is 14.7. The summed E-state index contributed by atoms with van der Waals surface area (Å²) in [7, 11) is 0. The second kappa shape index (κ2) is 7.81. The molecule has 3 N–H and O–H groups in total. The van der Waals surface area contributed by atoms with Crippen molar-refractivity contribution in [3.63, 3.8) is 0 Å². The van der Waals surface area contributed by atoms with E-state index in [2.05, 4.69) is 15.2 Å². The highest BCUT2D eigenvalue weighted by molar-refractivity contribution is 5.98. The average molecular weight is 278 g/mol. The Morgan fingerprint density at radius 2 is 2.20 bits per heavy atom. The monoisotopic (exact) mass is 278 g/mol. The number of aromatic nitrogens is 1. The Bertz CT molecular complexity index is 433. The molecule has 1 fully saturated rings. The van der Waals surface area contributed by atoms with Crippen molar-refractivity contribution in [3.8, 4) is 0 Å². The van der Waals surface area contributed by atoms with E-state index in [9.17, 15) is 4.79 Å². The fourth-order valence-electron chi connectivity index (χ4n) is 2.25. The van der Waals surface area contributed by atoms with Crippen LogP contribution in [0.1, 0.15) is 23.2 Å². The lowest BCUT2D eigenvalue weighted by atomic mass is 10.2. The van der Waals surface area contributed by atoms with Gasteiger partial charge in [0.05, 0.1) is 24.5 Å². The van der Waals surface area contributed by atoms with Crippen molar-refractivity contribution >= 4 is 11.6 Å². The lowest BCUT2D eigenvalue weighted by Crippen LogP contribution is -2.36. The van der Waals surface area contributed by atoms with Gasteiger partial charge in [-0.1, -0.05) is 0 Å². The van der Waals surface area contributed by atoms with Crippen molar-refractivity contribution in [1.82, 2.24) is 9.88 Å². The van der Waals surface area contributed by atoms with E-state index in [0.29, 0.717) is 5.56 Å². The van der Waals surface area contributed by atoms with Gasteiger partial charge in [0.25, 0.3) is 5.91 Å². The van der Waals surface area contributed by atoms with E-state index in [4.69, 9.17) is 10.5 Å². The standard InChI is InChI=1S/C14H22N4O2/c15-14(19)12-11-16-5-3-13(12)17-4-1-2-6-18-7-9-20-10-8-18/h3,5,11H,1-2,4,6-10H2,(H2,15,19)(H,16,17). The summed E-state index contributed by atoms with van der Waals surface area (Å²) in [5, 5.41) is 3.25. The van der Waals surface area contributed by atoms with Crippen molar-refractivity contribution in [2.75, 3.05) is 44.7 Å². The first-order valence-corrected chi connectivity index (χ1v) is 7.05. The van der Waals surface area contributed by atoms with Crippen LogP contribution in [0.25, 0.3) is 0 Å². The van der Waals surface area contributed by atoms with Gasteiger partial charge in [-0.15, -0.1) is 0 Å². The van der Waals surface area contributed by atoms with Gasteiger partial charge in [0.15, 0.2) is 0 Å². The number of hydrogen-bond acceptors (Lipinski definition) is 5. The van der Waals surface area contributed by atoms with Crippen LogP contribution in [-0.2, 0) is 4.74 Å². The molecule has 2 heterocycles. The average Bonchev–Trinajstić information content (AvgIpc) is 2.48. The SMILES string of the molecule is NC(=O)c1cnccc1NCCCCN1CCOCC1. The molecule has 110 valence electrons. The summed E-state index contributed by atoms with van der Waals surface area (Å²) in [6.07, 6.45) is 5.34. The fourth-order valence-corrected chi connectivity index (χ4v) is 2.25. The molecule has 6 nitrogen and oxygen atoms in total. The minimum Gasteiger partial charge on any atom is -0.384 e. The number of nitrogens with one attached hydrogen (secondary N) is 1. The number of primary amides is 1. The van der Waals surface area contributed by atoms with E-state index in [1.54, 1.807) is 12.3 Å². The van der Waals surface area contributed by atoms with Crippen LogP contribution in [0.2, 0.25) is 0 Å². The third-order valence-corrected chi connectivity index (χ3v) is 3.41. The Labute approximate surface area is 119 Å². The Balaban J connectivity index is 1.67. The summed E-state index contributed by atoms with van der Waals surface area (Å²) in [5.41, 5.74) is 6.51. The molecule has 0 bridgehead atoms. The Hall–Kier alpha value is -1.66. The maximum absolute atomic E-state index is 11.2. The van der Waals surface area contributed by atoms with Gasteiger partial charge in [-0.05, 0) is 25.5 Å². The quantitative estimate of drug-likeness (QED) is 0.718. The molecule has 0 radical (unpaired) electrons. The predicted molar refractivity (Wildman–Crippen MR) is 77.7 cm³/mol. The molecule has 1 aliphatic heterocycles. The third-order valence-electron chi connectivity index (χ3n) is 3.41. The van der Waals surface area contributed by atoms with Crippen LogP contribution >= 0.6 is 0 Å². The molecule has 6 heteroatoms. The summed E-state index contributed by atoms with van der Waals surface area (Å²) in [6.45, 7) is 5.68. The lowest BCUT2D eigenvalue weighted by molar-refractivity contribution is 0.0373. The molecule has 1 aromatic rings. The van der Waals surface area contributed by atoms with Crippen molar-refractivity contribution in [2.45, 2.75) is 12.8 Å². The molecule has 0 unspecified atom stereocenters. The molecular weight excluding hydrogens is 256 g/mol. The van der Waals surface area contributed by atoms with Crippen LogP contribution < -0.4 is 11.1 Å². The largest absolute Gasteiger partial charge is 0.384 e. The number of unbranched alkanes of at least 4 members (excludes halogenated alkanes) is 1. The first-order chi connectivity index (χ1) is 9.77. The summed E-state index contributed by atoms with van der Waals surface area (Å²) in [5.74, 6) is -0.450. The smallest absolute Gasteiger partial charge is 0.252 e. The molecule has 0 atom stereocenters. The van der Waals surface area contributed by atoms with Crippen molar-refractivity contribution in [3.05, 3.63) is 24.0 Å². The van der Waals surface area contributed by atoms with Crippen LogP contribution in [0, 0.1) is 0 Å². The molecule has 0 aromatic carbocycles. The summed E-state index contributed by atoms with van der Waals surface area (Å²) < 4.78 is 5.32. The van der Waals surface area contributed by atoms with Crippen LogP contribution in [0.4, 0.5) is 5.69 Å². The number of morpholine rings is 1. The van der Waals surface area contributed by atoms with Crippen LogP contribution in [0.15, 0.2) is 18.5 Å². The molecule has 2 rings (SSSR count). The zero-order chi connectivity index (χ0) is 14.2. The van der Waals surface area contributed by atoms with Gasteiger partial charge < -0.3 is 15.8 Å². The number of nitrogens with zero attached hydrogens (tertiary/aromatic N) is 2. The zero-order valence-electron chi connectivity index (χ0n) is 11.7. The second-order valence-corrected chi connectivity index (χ2v) is 4.87. The van der Waals surface area contributed by atoms with Crippen molar-refractivity contribution in [1.29, 1.82) is 0 Å². The van der Waals surface area contributed by atoms with Crippen molar-refractivity contribution in [2.24, 2.45) is 5.73 Å². The van der Waals surface area contributed by atoms with E-state index < -0.39 is 5.91 Å². The molecule has 0 spiro atoms. The van der Waals surface area contributed by atoms with Crippen LogP contribution in [-0.4, -0.2) is 55.2 Å². The Morgan fingerprint density at radius 3 is 2.95 bits per heavy atom. The minimum atomic E-state index is -0.450. The second-order valence-electron chi connectivity index (χ2n) is 4.87. The number of rotatable bonds is 7. The van der Waals surface area contributed by atoms with Crippen molar-refractivity contribution < 1.29 is 9.53 Å². The zero-order valence-corrected chi connectivity index (χ0v) is 11.7. The number of ether oxygens (including phenoxy) is 1. The Morgan fingerprint density at radius 1 is 1.40 bits per heavy atom. The maximum atomic E-state index is 11.2. The van der Waals surface area contributed by atoms with Gasteiger partial charge in [-0.2, -0.15) is 0 Å². The number of anilines is 1. The number of carbonyl (C=O) groups excluding carboxylic acids is 1. The Kier molecular flexibility index (Phi) is 5.76. The molecule has 1 aromatic heterocycles. The molecule has 1 aliphatic rings. The molecular formula is C14H22N4O2. The topological polar surface area (TPSA) is 80.5 Å². The molecule has 0 aliphatic carbocycles. The van der Waals surface area contributed by atoms with E-state index in [-0.39, 0.29) is 0 Å².